The standard InChI is InChI=1S/C29H25Cl2N3O5/c1-3-33(39-2)28(36)24-20-6-4-5-7-21(20)27(35)34(25(29(37)38)16-8-10-17(30)11-9-16)26(24)22-15-32-23-14-18(31)12-13-19(22)23/h4-15,24-26,32H,3H2,1-2H3,(H,37,38). The van der Waals surface area contributed by atoms with Gasteiger partial charge in [-0.05, 0) is 48.4 Å². The molecule has 0 saturated carbocycles. The fourth-order valence-electron chi connectivity index (χ4n) is 5.40. The van der Waals surface area contributed by atoms with Gasteiger partial charge in [-0.2, -0.15) is 0 Å². The number of aromatic amines is 1. The molecule has 1 aliphatic rings. The molecule has 200 valence electrons. The molecule has 0 aliphatic carbocycles. The van der Waals surface area contributed by atoms with Crippen molar-refractivity contribution < 1.29 is 24.3 Å². The molecule has 5 rings (SSSR count). The van der Waals surface area contributed by atoms with Gasteiger partial charge in [0.25, 0.3) is 11.8 Å². The van der Waals surface area contributed by atoms with Crippen LogP contribution < -0.4 is 0 Å². The third-order valence-corrected chi connectivity index (χ3v) is 7.57. The first-order valence-electron chi connectivity index (χ1n) is 12.3. The summed E-state index contributed by atoms with van der Waals surface area (Å²) < 4.78 is 0. The second-order valence-electron chi connectivity index (χ2n) is 9.16. The molecule has 1 aliphatic heterocycles. The van der Waals surface area contributed by atoms with E-state index >= 15 is 0 Å². The smallest absolute Gasteiger partial charge is 0.331 e. The van der Waals surface area contributed by atoms with Gasteiger partial charge in [0.1, 0.15) is 0 Å². The van der Waals surface area contributed by atoms with Crippen LogP contribution in [0.4, 0.5) is 0 Å². The van der Waals surface area contributed by atoms with Crippen LogP contribution in [0.3, 0.4) is 0 Å². The monoisotopic (exact) mass is 565 g/mol. The third kappa shape index (κ3) is 4.65. The lowest BCUT2D eigenvalue weighted by Gasteiger charge is -2.45. The number of fused-ring (bicyclic) bond motifs is 2. The molecular weight excluding hydrogens is 541 g/mol. The lowest BCUT2D eigenvalue weighted by molar-refractivity contribution is -0.179. The third-order valence-electron chi connectivity index (χ3n) is 7.09. The molecule has 0 radical (unpaired) electrons. The van der Waals surface area contributed by atoms with Crippen LogP contribution in [0.5, 0.6) is 0 Å². The number of likely N-dealkylation sites (N-methyl/N-ethyl adjacent to an activating group) is 1. The second kappa shape index (κ2) is 10.7. The Morgan fingerprint density at radius 3 is 2.41 bits per heavy atom. The lowest BCUT2D eigenvalue weighted by atomic mass is 9.77. The molecule has 3 atom stereocenters. The summed E-state index contributed by atoms with van der Waals surface area (Å²) in [6.45, 7) is 2.02. The fourth-order valence-corrected chi connectivity index (χ4v) is 5.70. The van der Waals surface area contributed by atoms with Crippen LogP contribution in [-0.4, -0.2) is 51.5 Å². The van der Waals surface area contributed by atoms with E-state index < -0.39 is 35.8 Å². The lowest BCUT2D eigenvalue weighted by Crippen LogP contribution is -2.50. The van der Waals surface area contributed by atoms with Crippen molar-refractivity contribution in [3.8, 4) is 0 Å². The van der Waals surface area contributed by atoms with Crippen LogP contribution in [0.1, 0.15) is 52.0 Å². The molecule has 0 fully saturated rings. The van der Waals surface area contributed by atoms with Gasteiger partial charge in [-0.25, -0.2) is 9.86 Å². The highest BCUT2D eigenvalue weighted by atomic mass is 35.5. The zero-order valence-electron chi connectivity index (χ0n) is 21.1. The Kier molecular flexibility index (Phi) is 7.36. The van der Waals surface area contributed by atoms with Crippen molar-refractivity contribution in [1.29, 1.82) is 0 Å². The number of carboxylic acid groups (broad SMARTS) is 1. The van der Waals surface area contributed by atoms with Gasteiger partial charge in [-0.15, -0.1) is 0 Å². The molecule has 4 aromatic rings. The number of amides is 2. The Morgan fingerprint density at radius 2 is 1.74 bits per heavy atom. The first-order chi connectivity index (χ1) is 18.8. The maximum atomic E-state index is 14.2. The van der Waals surface area contributed by atoms with Gasteiger partial charge < -0.3 is 15.0 Å². The van der Waals surface area contributed by atoms with E-state index in [1.165, 1.54) is 17.1 Å². The van der Waals surface area contributed by atoms with Gasteiger partial charge in [-0.1, -0.05) is 59.6 Å². The van der Waals surface area contributed by atoms with E-state index in [1.54, 1.807) is 79.9 Å². The number of benzene rings is 3. The molecule has 39 heavy (non-hydrogen) atoms. The quantitative estimate of drug-likeness (QED) is 0.268. The predicted molar refractivity (Wildman–Crippen MR) is 148 cm³/mol. The number of hydrogen-bond acceptors (Lipinski definition) is 4. The van der Waals surface area contributed by atoms with E-state index in [1.807, 2.05) is 0 Å². The zero-order chi connectivity index (χ0) is 27.8. The summed E-state index contributed by atoms with van der Waals surface area (Å²) in [5, 5.41) is 13.4. The predicted octanol–water partition coefficient (Wildman–Crippen LogP) is 5.99. The minimum atomic E-state index is -1.42. The maximum Gasteiger partial charge on any atom is 0.331 e. The molecule has 0 spiro atoms. The van der Waals surface area contributed by atoms with Crippen molar-refractivity contribution in [3.63, 3.8) is 0 Å². The van der Waals surface area contributed by atoms with Crippen molar-refractivity contribution in [2.24, 2.45) is 0 Å². The number of rotatable bonds is 7. The van der Waals surface area contributed by atoms with Crippen molar-refractivity contribution in [3.05, 3.63) is 105 Å². The number of hydroxylamine groups is 2. The number of H-pyrrole nitrogens is 1. The second-order valence-corrected chi connectivity index (χ2v) is 10.0. The summed E-state index contributed by atoms with van der Waals surface area (Å²) in [6, 6.07) is 15.9. The molecule has 2 heterocycles. The number of carbonyl (C=O) groups excluding carboxylic acids is 2. The SMILES string of the molecule is CCN(OC)C(=O)C1c2ccccc2C(=O)N(C(C(=O)O)c2ccc(Cl)cc2)C1c1c[nH]c2cc(Cl)ccc12. The Morgan fingerprint density at radius 1 is 1.05 bits per heavy atom. The molecule has 0 bridgehead atoms. The highest BCUT2D eigenvalue weighted by molar-refractivity contribution is 6.31. The van der Waals surface area contributed by atoms with Crippen molar-refractivity contribution in [1.82, 2.24) is 14.9 Å². The van der Waals surface area contributed by atoms with E-state index in [2.05, 4.69) is 4.98 Å². The van der Waals surface area contributed by atoms with Crippen LogP contribution in [0, 0.1) is 0 Å². The van der Waals surface area contributed by atoms with E-state index in [0.717, 1.165) is 0 Å². The summed E-state index contributed by atoms with van der Waals surface area (Å²) in [7, 11) is 1.40. The van der Waals surface area contributed by atoms with E-state index in [9.17, 15) is 19.5 Å². The number of halogens is 2. The average molecular weight is 566 g/mol. The molecule has 3 aromatic carbocycles. The van der Waals surface area contributed by atoms with E-state index in [4.69, 9.17) is 28.0 Å². The highest BCUT2D eigenvalue weighted by Crippen LogP contribution is 2.49. The molecular formula is C29H25Cl2N3O5. The normalized spacial score (nSPS) is 17.6. The molecule has 0 saturated heterocycles. The minimum absolute atomic E-state index is 0.248. The van der Waals surface area contributed by atoms with Gasteiger partial charge in [0, 0.05) is 44.8 Å². The molecule has 8 nitrogen and oxygen atoms in total. The highest BCUT2D eigenvalue weighted by Gasteiger charge is 2.50. The number of aromatic nitrogens is 1. The van der Waals surface area contributed by atoms with Crippen LogP contribution in [0.15, 0.2) is 72.9 Å². The fraction of sp³-hybridized carbons (Fsp3) is 0.207. The Balaban J connectivity index is 1.83. The van der Waals surface area contributed by atoms with Crippen molar-refractivity contribution in [2.75, 3.05) is 13.7 Å². The number of hydrogen-bond donors (Lipinski definition) is 2. The van der Waals surface area contributed by atoms with Crippen molar-refractivity contribution >= 4 is 51.9 Å². The molecule has 1 aromatic heterocycles. The summed E-state index contributed by atoms with van der Waals surface area (Å²) in [6.07, 6.45) is 1.70. The Bertz CT molecular complexity index is 1560. The summed E-state index contributed by atoms with van der Waals surface area (Å²) in [5.41, 5.74) is 2.36. The summed E-state index contributed by atoms with van der Waals surface area (Å²) in [4.78, 5) is 51.1. The zero-order valence-corrected chi connectivity index (χ0v) is 22.6. The Labute approximate surface area is 234 Å². The molecule has 3 unspecified atom stereocenters. The van der Waals surface area contributed by atoms with Crippen LogP contribution in [-0.2, 0) is 14.4 Å². The summed E-state index contributed by atoms with van der Waals surface area (Å²) >= 11 is 12.3. The van der Waals surface area contributed by atoms with Gasteiger partial charge >= 0.3 is 5.97 Å². The number of carboxylic acids is 1. The van der Waals surface area contributed by atoms with Crippen LogP contribution >= 0.6 is 23.2 Å². The van der Waals surface area contributed by atoms with E-state index in [-0.39, 0.29) is 12.1 Å². The largest absolute Gasteiger partial charge is 0.479 e. The molecule has 2 N–H and O–H groups in total. The number of nitrogens with zero attached hydrogens (tertiary/aromatic N) is 2. The topological polar surface area (TPSA) is 103 Å². The first kappa shape index (κ1) is 26.7. The number of aliphatic carboxylic acids is 1. The minimum Gasteiger partial charge on any atom is -0.479 e. The summed E-state index contributed by atoms with van der Waals surface area (Å²) in [5.74, 6) is -3.13. The van der Waals surface area contributed by atoms with Gasteiger partial charge in [0.05, 0.1) is 19.1 Å². The maximum absolute atomic E-state index is 14.2. The van der Waals surface area contributed by atoms with Crippen LogP contribution in [0.25, 0.3) is 10.9 Å². The van der Waals surface area contributed by atoms with Crippen LogP contribution in [0.2, 0.25) is 10.0 Å². The molecule has 10 heteroatoms. The van der Waals surface area contributed by atoms with Gasteiger partial charge in [0.15, 0.2) is 6.04 Å². The average Bonchev–Trinajstić information content (AvgIpc) is 3.34. The van der Waals surface area contributed by atoms with E-state index in [0.29, 0.717) is 37.6 Å². The molecule has 2 amide bonds. The van der Waals surface area contributed by atoms with Gasteiger partial charge in [-0.3, -0.25) is 14.4 Å². The number of nitrogens with one attached hydrogen (secondary N) is 1. The van der Waals surface area contributed by atoms with Crippen molar-refractivity contribution in [2.45, 2.75) is 24.9 Å². The Hall–Kier alpha value is -3.85. The van der Waals surface area contributed by atoms with Gasteiger partial charge in [0.2, 0.25) is 0 Å². The first-order valence-corrected chi connectivity index (χ1v) is 13.0. The number of carbonyl (C=O) groups is 3.